The summed E-state index contributed by atoms with van der Waals surface area (Å²) in [5.74, 6) is -0.0599. The van der Waals surface area contributed by atoms with Crippen LogP contribution in [0.25, 0.3) is 10.9 Å². The van der Waals surface area contributed by atoms with Crippen LogP contribution < -0.4 is 10.6 Å². The number of benzene rings is 1. The van der Waals surface area contributed by atoms with Gasteiger partial charge in [-0.25, -0.2) is 9.18 Å². The van der Waals surface area contributed by atoms with E-state index in [9.17, 15) is 14.0 Å². The average molecular weight is 557 g/mol. The van der Waals surface area contributed by atoms with E-state index in [-0.39, 0.29) is 35.6 Å². The number of amides is 2. The first-order valence-electron chi connectivity index (χ1n) is 15.5. The van der Waals surface area contributed by atoms with Crippen LogP contribution in [0, 0.1) is 11.7 Å². The largest absolute Gasteiger partial charge is 0.444 e. The standard InChI is InChI=1S/C27H37FN4O3.C3H6.C2H6/c1-27(2,3)35-26(34)31-23(16-7-5-4-6-8-16)25(33)32-12-11-21-24(32)20(15-29-21)19-14-30-22-13-17(28)9-10-18(19)22;1-2-3-1;1-2/h9-10,13-14,16,20-21,23-24,29-30H,4-8,11-12,15H2,1-3H3,(H,31,34);1-3H2;1-2H3/t20-,21?,23?,24?;;/m1../s1. The minimum Gasteiger partial charge on any atom is -0.444 e. The summed E-state index contributed by atoms with van der Waals surface area (Å²) in [6.07, 6.45) is 12.0. The molecule has 7 nitrogen and oxygen atoms in total. The van der Waals surface area contributed by atoms with E-state index < -0.39 is 17.7 Å². The fourth-order valence-corrected chi connectivity index (χ4v) is 6.38. The van der Waals surface area contributed by atoms with Crippen molar-refractivity contribution in [3.63, 3.8) is 0 Å². The van der Waals surface area contributed by atoms with Crippen molar-refractivity contribution < 1.29 is 18.7 Å². The van der Waals surface area contributed by atoms with Gasteiger partial charge in [-0.15, -0.1) is 0 Å². The number of likely N-dealkylation sites (tertiary alicyclic amines) is 1. The van der Waals surface area contributed by atoms with Gasteiger partial charge in [0.05, 0.1) is 6.04 Å². The highest BCUT2D eigenvalue weighted by Crippen LogP contribution is 2.40. The van der Waals surface area contributed by atoms with Gasteiger partial charge in [0.25, 0.3) is 0 Å². The average Bonchev–Trinajstić information content (AvgIpc) is 3.53. The molecule has 4 atom stereocenters. The van der Waals surface area contributed by atoms with E-state index in [0.717, 1.165) is 55.1 Å². The maximum absolute atomic E-state index is 14.1. The Bertz CT molecular complexity index is 1130. The van der Waals surface area contributed by atoms with Crippen molar-refractivity contribution in [2.75, 3.05) is 13.1 Å². The molecule has 4 fully saturated rings. The summed E-state index contributed by atoms with van der Waals surface area (Å²) < 4.78 is 19.3. The van der Waals surface area contributed by atoms with E-state index in [1.165, 1.54) is 37.8 Å². The monoisotopic (exact) mass is 556 g/mol. The van der Waals surface area contributed by atoms with Crippen LogP contribution in [0.4, 0.5) is 9.18 Å². The van der Waals surface area contributed by atoms with E-state index in [1.54, 1.807) is 0 Å². The van der Waals surface area contributed by atoms with Crippen molar-refractivity contribution in [3.8, 4) is 0 Å². The van der Waals surface area contributed by atoms with Gasteiger partial charge in [-0.1, -0.05) is 52.4 Å². The molecular weight excluding hydrogens is 507 g/mol. The first-order chi connectivity index (χ1) is 19.2. The van der Waals surface area contributed by atoms with Crippen molar-refractivity contribution in [1.29, 1.82) is 0 Å². The fourth-order valence-electron chi connectivity index (χ4n) is 6.38. The van der Waals surface area contributed by atoms with Crippen LogP contribution in [0.5, 0.6) is 0 Å². The molecule has 8 heteroatoms. The van der Waals surface area contributed by atoms with E-state index in [4.69, 9.17) is 4.74 Å². The maximum Gasteiger partial charge on any atom is 0.408 e. The van der Waals surface area contributed by atoms with Gasteiger partial charge in [-0.3, -0.25) is 4.79 Å². The van der Waals surface area contributed by atoms with Gasteiger partial charge in [0.1, 0.15) is 17.5 Å². The minimum absolute atomic E-state index is 0.00178. The number of carbonyl (C=O) groups excluding carboxylic acids is 2. The highest BCUT2D eigenvalue weighted by molar-refractivity contribution is 5.88. The van der Waals surface area contributed by atoms with Gasteiger partial charge in [0, 0.05) is 42.1 Å². The number of fused-ring (bicyclic) bond motifs is 2. The summed E-state index contributed by atoms with van der Waals surface area (Å²) in [4.78, 5) is 32.0. The van der Waals surface area contributed by atoms with E-state index >= 15 is 0 Å². The molecule has 3 N–H and O–H groups in total. The van der Waals surface area contributed by atoms with Crippen molar-refractivity contribution in [3.05, 3.63) is 35.8 Å². The summed E-state index contributed by atoms with van der Waals surface area (Å²) in [5, 5.41) is 7.57. The highest BCUT2D eigenvalue weighted by atomic mass is 19.1. The predicted molar refractivity (Wildman–Crippen MR) is 158 cm³/mol. The van der Waals surface area contributed by atoms with Crippen molar-refractivity contribution >= 4 is 22.9 Å². The zero-order valence-corrected chi connectivity index (χ0v) is 25.0. The van der Waals surface area contributed by atoms with E-state index in [1.807, 2.05) is 51.8 Å². The molecule has 3 unspecified atom stereocenters. The van der Waals surface area contributed by atoms with Crippen LogP contribution >= 0.6 is 0 Å². The molecule has 222 valence electrons. The van der Waals surface area contributed by atoms with Gasteiger partial charge < -0.3 is 25.3 Å². The number of carbonyl (C=O) groups is 2. The molecule has 2 amide bonds. The molecule has 0 radical (unpaired) electrons. The van der Waals surface area contributed by atoms with Crippen LogP contribution in [-0.2, 0) is 9.53 Å². The molecule has 3 heterocycles. The topological polar surface area (TPSA) is 86.5 Å². The van der Waals surface area contributed by atoms with E-state index in [0.29, 0.717) is 6.54 Å². The zero-order chi connectivity index (χ0) is 28.9. The number of hydrogen-bond acceptors (Lipinski definition) is 4. The third-order valence-electron chi connectivity index (χ3n) is 8.24. The lowest BCUT2D eigenvalue weighted by atomic mass is 9.83. The molecule has 4 aliphatic rings. The third kappa shape index (κ3) is 7.36. The molecule has 0 spiro atoms. The smallest absolute Gasteiger partial charge is 0.408 e. The first-order valence-corrected chi connectivity index (χ1v) is 15.5. The second-order valence-corrected chi connectivity index (χ2v) is 12.4. The van der Waals surface area contributed by atoms with Crippen molar-refractivity contribution in [2.45, 2.75) is 122 Å². The van der Waals surface area contributed by atoms with Gasteiger partial charge >= 0.3 is 6.09 Å². The lowest BCUT2D eigenvalue weighted by Gasteiger charge is -2.36. The first kappa shape index (κ1) is 30.4. The third-order valence-corrected chi connectivity index (χ3v) is 8.24. The van der Waals surface area contributed by atoms with Crippen LogP contribution in [-0.4, -0.2) is 58.7 Å². The molecule has 1 aromatic heterocycles. The van der Waals surface area contributed by atoms with Gasteiger partial charge in [-0.2, -0.15) is 0 Å². The molecule has 2 aromatic rings. The number of hydrogen-bond donors (Lipinski definition) is 3. The summed E-state index contributed by atoms with van der Waals surface area (Å²) in [5.41, 5.74) is 1.25. The van der Waals surface area contributed by atoms with Crippen LogP contribution in [0.2, 0.25) is 0 Å². The molecule has 40 heavy (non-hydrogen) atoms. The number of alkyl carbamates (subject to hydrolysis) is 1. The van der Waals surface area contributed by atoms with E-state index in [2.05, 4.69) is 15.6 Å². The number of H-pyrrole nitrogens is 1. The van der Waals surface area contributed by atoms with Crippen LogP contribution in [0.3, 0.4) is 0 Å². The maximum atomic E-state index is 14.1. The molecule has 2 saturated heterocycles. The number of nitrogens with one attached hydrogen (secondary N) is 3. The lowest BCUT2D eigenvalue weighted by molar-refractivity contribution is -0.136. The van der Waals surface area contributed by atoms with Gasteiger partial charge in [0.15, 0.2) is 0 Å². The number of aromatic amines is 1. The molecule has 2 saturated carbocycles. The SMILES string of the molecule is C1CC1.CC.CC(C)(C)OC(=O)NC(C(=O)N1CCC2NC[C@H](c3c[nH]c4cc(F)ccc34)C21)C1CCCCC1. The van der Waals surface area contributed by atoms with Crippen LogP contribution in [0.15, 0.2) is 24.4 Å². The Morgan fingerprint density at radius 2 is 1.73 bits per heavy atom. The predicted octanol–water partition coefficient (Wildman–Crippen LogP) is 6.63. The molecular formula is C32H49FN4O3. The number of halogens is 1. The Labute approximate surface area is 239 Å². The quantitative estimate of drug-likeness (QED) is 0.394. The Kier molecular flexibility index (Phi) is 10.1. The Morgan fingerprint density at radius 1 is 1.05 bits per heavy atom. The van der Waals surface area contributed by atoms with Crippen molar-refractivity contribution in [2.24, 2.45) is 5.92 Å². The Hall–Kier alpha value is -2.61. The minimum atomic E-state index is -0.627. The van der Waals surface area contributed by atoms with Crippen molar-refractivity contribution in [1.82, 2.24) is 20.5 Å². The number of rotatable bonds is 4. The fraction of sp³-hybridized carbons (Fsp3) is 0.688. The highest BCUT2D eigenvalue weighted by Gasteiger charge is 2.49. The lowest BCUT2D eigenvalue weighted by Crippen LogP contribution is -2.55. The number of ether oxygens (including phenoxy) is 1. The molecule has 2 aliphatic heterocycles. The Balaban J connectivity index is 0.000000680. The summed E-state index contributed by atoms with van der Waals surface area (Å²) in [6.45, 7) is 10.9. The number of aromatic nitrogens is 1. The summed E-state index contributed by atoms with van der Waals surface area (Å²) in [6, 6.07) is 4.45. The molecule has 2 aliphatic carbocycles. The molecule has 6 rings (SSSR count). The van der Waals surface area contributed by atoms with Gasteiger partial charge in [0.2, 0.25) is 5.91 Å². The zero-order valence-electron chi connectivity index (χ0n) is 25.0. The second kappa shape index (κ2) is 13.4. The van der Waals surface area contributed by atoms with Crippen LogP contribution in [0.1, 0.15) is 104 Å². The molecule has 1 aromatic carbocycles. The summed E-state index contributed by atoms with van der Waals surface area (Å²) in [7, 11) is 0. The normalized spacial score (nSPS) is 24.8. The Morgan fingerprint density at radius 3 is 2.38 bits per heavy atom. The summed E-state index contributed by atoms with van der Waals surface area (Å²) >= 11 is 0. The second-order valence-electron chi connectivity index (χ2n) is 12.4. The number of nitrogens with zero attached hydrogens (tertiary/aromatic N) is 1. The van der Waals surface area contributed by atoms with Gasteiger partial charge in [-0.05, 0) is 69.7 Å². The molecule has 0 bridgehead atoms.